The summed E-state index contributed by atoms with van der Waals surface area (Å²) in [6, 6.07) is 8.54. The van der Waals surface area contributed by atoms with Crippen molar-refractivity contribution in [3.05, 3.63) is 34.3 Å². The average molecular weight is 310 g/mol. The molecular weight excluding hydrogens is 290 g/mol. The van der Waals surface area contributed by atoms with Crippen LogP contribution in [0.15, 0.2) is 33.7 Å². The number of aliphatic imine (C=N–C) groups is 1. The van der Waals surface area contributed by atoms with Gasteiger partial charge in [-0.3, -0.25) is 4.99 Å². The first-order valence-electron chi connectivity index (χ1n) is 6.44. The Bertz CT molecular complexity index is 432. The van der Waals surface area contributed by atoms with Crippen LogP contribution >= 0.6 is 15.9 Å². The van der Waals surface area contributed by atoms with Crippen molar-refractivity contribution >= 4 is 21.9 Å². The Labute approximate surface area is 117 Å². The first-order valence-corrected chi connectivity index (χ1v) is 7.23. The van der Waals surface area contributed by atoms with Gasteiger partial charge in [-0.25, -0.2) is 0 Å². The molecule has 0 unspecified atom stereocenters. The summed E-state index contributed by atoms with van der Waals surface area (Å²) < 4.78 is 1.12. The number of guanidine groups is 1. The Morgan fingerprint density at radius 2 is 1.94 bits per heavy atom. The van der Waals surface area contributed by atoms with Gasteiger partial charge in [-0.05, 0) is 30.5 Å². The Morgan fingerprint density at radius 1 is 1.22 bits per heavy atom. The topological polar surface area (TPSA) is 64.4 Å². The lowest BCUT2D eigenvalue weighted by Gasteiger charge is -2.36. The van der Waals surface area contributed by atoms with Gasteiger partial charge in [0, 0.05) is 9.89 Å². The molecule has 1 aliphatic rings. The van der Waals surface area contributed by atoms with Crippen LogP contribution in [0.1, 0.15) is 37.7 Å². The van der Waals surface area contributed by atoms with Crippen LogP contribution in [-0.2, 0) is 5.41 Å². The second-order valence-corrected chi connectivity index (χ2v) is 6.01. The van der Waals surface area contributed by atoms with E-state index in [2.05, 4.69) is 45.2 Å². The molecule has 0 saturated heterocycles. The predicted octanol–water partition coefficient (Wildman–Crippen LogP) is 2.92. The molecule has 98 valence electrons. The number of nitrogens with zero attached hydrogens (tertiary/aromatic N) is 1. The summed E-state index contributed by atoms with van der Waals surface area (Å²) in [6.45, 7) is 0.700. The molecule has 0 heterocycles. The Balaban J connectivity index is 2.32. The van der Waals surface area contributed by atoms with E-state index in [9.17, 15) is 0 Å². The van der Waals surface area contributed by atoms with Crippen LogP contribution in [0.4, 0.5) is 0 Å². The minimum atomic E-state index is 0.117. The molecule has 0 bridgehead atoms. The third kappa shape index (κ3) is 3.05. The quantitative estimate of drug-likeness (QED) is 0.666. The van der Waals surface area contributed by atoms with Gasteiger partial charge >= 0.3 is 0 Å². The third-order valence-corrected chi connectivity index (χ3v) is 4.31. The van der Waals surface area contributed by atoms with Crippen molar-refractivity contribution in [3.63, 3.8) is 0 Å². The maximum atomic E-state index is 5.49. The van der Waals surface area contributed by atoms with Crippen LogP contribution in [0.3, 0.4) is 0 Å². The molecule has 0 aliphatic heterocycles. The van der Waals surface area contributed by atoms with Crippen LogP contribution in [0, 0.1) is 0 Å². The zero-order valence-electron chi connectivity index (χ0n) is 10.5. The zero-order chi connectivity index (χ0) is 13.0. The van der Waals surface area contributed by atoms with Crippen molar-refractivity contribution < 1.29 is 0 Å². The SMILES string of the molecule is NC(N)=NCC1(c2cccc(Br)c2)CCCCC1. The van der Waals surface area contributed by atoms with Crippen LogP contribution in [0.5, 0.6) is 0 Å². The van der Waals surface area contributed by atoms with E-state index < -0.39 is 0 Å². The smallest absolute Gasteiger partial charge is 0.185 e. The number of nitrogens with two attached hydrogens (primary N) is 2. The second-order valence-electron chi connectivity index (χ2n) is 5.09. The highest BCUT2D eigenvalue weighted by Gasteiger charge is 2.33. The Kier molecular flexibility index (Phi) is 4.27. The van der Waals surface area contributed by atoms with Gasteiger partial charge in [-0.15, -0.1) is 0 Å². The summed E-state index contributed by atoms with van der Waals surface area (Å²) in [6.07, 6.45) is 6.16. The maximum absolute atomic E-state index is 5.49. The summed E-state index contributed by atoms with van der Waals surface area (Å²) in [7, 11) is 0. The lowest BCUT2D eigenvalue weighted by atomic mass is 9.69. The number of halogens is 1. The van der Waals surface area contributed by atoms with Gasteiger partial charge in [-0.2, -0.15) is 0 Å². The van der Waals surface area contributed by atoms with Crippen LogP contribution in [0.25, 0.3) is 0 Å². The van der Waals surface area contributed by atoms with Gasteiger partial charge < -0.3 is 11.5 Å². The molecular formula is C14H20BrN3. The third-order valence-electron chi connectivity index (χ3n) is 3.81. The molecule has 4 N–H and O–H groups in total. The summed E-state index contributed by atoms with van der Waals surface area (Å²) in [5, 5.41) is 0. The minimum Gasteiger partial charge on any atom is -0.370 e. The fourth-order valence-corrected chi connectivity index (χ4v) is 3.23. The molecule has 0 atom stereocenters. The number of hydrogen-bond acceptors (Lipinski definition) is 1. The summed E-state index contributed by atoms with van der Waals surface area (Å²) >= 11 is 3.55. The number of rotatable bonds is 3. The van der Waals surface area contributed by atoms with E-state index in [1.54, 1.807) is 0 Å². The molecule has 0 radical (unpaired) electrons. The number of benzene rings is 1. The molecule has 1 aliphatic carbocycles. The molecule has 4 heteroatoms. The predicted molar refractivity (Wildman–Crippen MR) is 79.6 cm³/mol. The highest BCUT2D eigenvalue weighted by Crippen LogP contribution is 2.40. The lowest BCUT2D eigenvalue weighted by Crippen LogP contribution is -2.34. The van der Waals surface area contributed by atoms with Gasteiger partial charge in [0.2, 0.25) is 0 Å². The Hall–Kier alpha value is -1.03. The minimum absolute atomic E-state index is 0.117. The van der Waals surface area contributed by atoms with Gasteiger partial charge in [-0.1, -0.05) is 47.3 Å². The monoisotopic (exact) mass is 309 g/mol. The van der Waals surface area contributed by atoms with Crippen LogP contribution in [-0.4, -0.2) is 12.5 Å². The molecule has 1 saturated carbocycles. The Morgan fingerprint density at radius 3 is 2.56 bits per heavy atom. The maximum Gasteiger partial charge on any atom is 0.185 e. The van der Waals surface area contributed by atoms with E-state index in [-0.39, 0.29) is 11.4 Å². The van der Waals surface area contributed by atoms with Crippen LogP contribution < -0.4 is 11.5 Å². The normalized spacial score (nSPS) is 18.3. The van der Waals surface area contributed by atoms with E-state index in [0.29, 0.717) is 6.54 Å². The summed E-state index contributed by atoms with van der Waals surface area (Å²) in [4.78, 5) is 4.28. The van der Waals surface area contributed by atoms with Crippen LogP contribution in [0.2, 0.25) is 0 Å². The molecule has 3 nitrogen and oxygen atoms in total. The van der Waals surface area contributed by atoms with Crippen molar-refractivity contribution in [3.8, 4) is 0 Å². The van der Waals surface area contributed by atoms with Crippen molar-refractivity contribution in [2.75, 3.05) is 6.54 Å². The van der Waals surface area contributed by atoms with Gasteiger partial charge in [0.1, 0.15) is 0 Å². The molecule has 18 heavy (non-hydrogen) atoms. The first kappa shape index (κ1) is 13.4. The fourth-order valence-electron chi connectivity index (χ4n) is 2.83. The van der Waals surface area contributed by atoms with Gasteiger partial charge in [0.05, 0.1) is 6.54 Å². The average Bonchev–Trinajstić information content (AvgIpc) is 2.37. The molecule has 2 rings (SSSR count). The van der Waals surface area contributed by atoms with Crippen molar-refractivity contribution in [1.29, 1.82) is 0 Å². The summed E-state index contributed by atoms with van der Waals surface area (Å²) in [5.74, 6) is 0.190. The van der Waals surface area contributed by atoms with E-state index >= 15 is 0 Å². The highest BCUT2D eigenvalue weighted by atomic mass is 79.9. The van der Waals surface area contributed by atoms with E-state index in [1.165, 1.54) is 37.7 Å². The van der Waals surface area contributed by atoms with Crippen molar-refractivity contribution in [2.24, 2.45) is 16.5 Å². The van der Waals surface area contributed by atoms with Crippen molar-refractivity contribution in [1.82, 2.24) is 0 Å². The van der Waals surface area contributed by atoms with E-state index in [1.807, 2.05) is 0 Å². The lowest BCUT2D eigenvalue weighted by molar-refractivity contribution is 0.301. The van der Waals surface area contributed by atoms with Gasteiger partial charge in [0.15, 0.2) is 5.96 Å². The fraction of sp³-hybridized carbons (Fsp3) is 0.500. The second kappa shape index (κ2) is 5.74. The molecule has 0 spiro atoms. The molecule has 0 aromatic heterocycles. The number of hydrogen-bond donors (Lipinski definition) is 2. The zero-order valence-corrected chi connectivity index (χ0v) is 12.1. The van der Waals surface area contributed by atoms with E-state index in [4.69, 9.17) is 11.5 Å². The molecule has 1 aromatic carbocycles. The van der Waals surface area contributed by atoms with E-state index in [0.717, 1.165) is 4.47 Å². The summed E-state index contributed by atoms with van der Waals surface area (Å²) in [5.41, 5.74) is 12.5. The first-order chi connectivity index (χ1) is 8.62. The molecule has 1 fully saturated rings. The highest BCUT2D eigenvalue weighted by molar-refractivity contribution is 9.10. The van der Waals surface area contributed by atoms with Gasteiger partial charge in [0.25, 0.3) is 0 Å². The molecule has 1 aromatic rings. The standard InChI is InChI=1S/C14H20BrN3/c15-12-6-4-5-11(9-12)14(10-18-13(16)17)7-2-1-3-8-14/h4-6,9H,1-3,7-8,10H2,(H4,16,17,18). The van der Waals surface area contributed by atoms with Crippen molar-refractivity contribution in [2.45, 2.75) is 37.5 Å². The largest absolute Gasteiger partial charge is 0.370 e. The molecule has 0 amide bonds.